The Labute approximate surface area is 80.3 Å². The highest BCUT2D eigenvalue weighted by Crippen LogP contribution is 2.40. The number of rotatable bonds is 5. The van der Waals surface area contributed by atoms with Gasteiger partial charge in [-0.15, -0.1) is 0 Å². The average molecular weight is 245 g/mol. The highest BCUT2D eigenvalue weighted by atomic mass is 79.9. The van der Waals surface area contributed by atoms with Gasteiger partial charge in [0.15, 0.2) is 0 Å². The summed E-state index contributed by atoms with van der Waals surface area (Å²) in [7, 11) is 0. The molecular formula is C8H15BrF2O. The molecule has 0 spiro atoms. The lowest BCUT2D eigenvalue weighted by Gasteiger charge is -2.31. The predicted molar refractivity (Wildman–Crippen MR) is 48.6 cm³/mol. The molecule has 12 heavy (non-hydrogen) atoms. The van der Waals surface area contributed by atoms with Crippen LogP contribution in [0.15, 0.2) is 0 Å². The third-order valence-electron chi connectivity index (χ3n) is 1.85. The van der Waals surface area contributed by atoms with Crippen LogP contribution in [0.4, 0.5) is 8.78 Å². The van der Waals surface area contributed by atoms with Crippen LogP contribution in [0, 0.1) is 0 Å². The summed E-state index contributed by atoms with van der Waals surface area (Å²) in [4.78, 5) is -3.17. The van der Waals surface area contributed by atoms with Crippen LogP contribution >= 0.6 is 15.9 Å². The van der Waals surface area contributed by atoms with Gasteiger partial charge in [0.2, 0.25) is 0 Å². The van der Waals surface area contributed by atoms with Crippen LogP contribution in [0.3, 0.4) is 0 Å². The van der Waals surface area contributed by atoms with E-state index in [1.165, 1.54) is 0 Å². The third-order valence-corrected chi connectivity index (χ3v) is 2.59. The van der Waals surface area contributed by atoms with Crippen molar-refractivity contribution in [3.8, 4) is 0 Å². The molecule has 0 saturated heterocycles. The molecule has 0 radical (unpaired) electrons. The summed E-state index contributed by atoms with van der Waals surface area (Å²) in [5.74, 6) is 0. The molecule has 0 aromatic rings. The number of alkyl halides is 3. The van der Waals surface area contributed by atoms with Gasteiger partial charge >= 0.3 is 4.83 Å². The van der Waals surface area contributed by atoms with E-state index in [0.29, 0.717) is 12.8 Å². The number of aliphatic hydroxyl groups is 1. The summed E-state index contributed by atoms with van der Waals surface area (Å²) >= 11 is 2.22. The highest BCUT2D eigenvalue weighted by Gasteiger charge is 2.48. The van der Waals surface area contributed by atoms with Crippen molar-refractivity contribution in [1.29, 1.82) is 0 Å². The normalized spacial score (nSPS) is 13.5. The first-order chi connectivity index (χ1) is 5.37. The van der Waals surface area contributed by atoms with Gasteiger partial charge in [0.25, 0.3) is 0 Å². The van der Waals surface area contributed by atoms with E-state index in [1.54, 1.807) is 13.8 Å². The summed E-state index contributed by atoms with van der Waals surface area (Å²) < 4.78 is 25.6. The van der Waals surface area contributed by atoms with Crippen LogP contribution < -0.4 is 0 Å². The second-order valence-electron chi connectivity index (χ2n) is 3.03. The molecule has 0 aliphatic rings. The molecule has 1 nitrogen and oxygen atoms in total. The molecule has 0 heterocycles. The minimum atomic E-state index is -3.17. The molecule has 0 amide bonds. The predicted octanol–water partition coefficient (Wildman–Crippen LogP) is 3.31. The molecule has 0 aromatic heterocycles. The maximum absolute atomic E-state index is 12.8. The maximum atomic E-state index is 12.8. The quantitative estimate of drug-likeness (QED) is 0.737. The van der Waals surface area contributed by atoms with Crippen molar-refractivity contribution < 1.29 is 13.9 Å². The lowest BCUT2D eigenvalue weighted by Crippen LogP contribution is -2.43. The summed E-state index contributed by atoms with van der Waals surface area (Å²) in [6.45, 7) is 3.55. The molecule has 0 rings (SSSR count). The minimum absolute atomic E-state index is 0.124. The van der Waals surface area contributed by atoms with Crippen molar-refractivity contribution >= 4 is 15.9 Å². The van der Waals surface area contributed by atoms with Crippen molar-refractivity contribution in [1.82, 2.24) is 0 Å². The van der Waals surface area contributed by atoms with Crippen LogP contribution in [0.2, 0.25) is 0 Å². The van der Waals surface area contributed by atoms with Crippen molar-refractivity contribution in [2.45, 2.75) is 50.0 Å². The van der Waals surface area contributed by atoms with Gasteiger partial charge < -0.3 is 5.11 Å². The number of hydrogen-bond donors (Lipinski definition) is 1. The summed E-state index contributed by atoms with van der Waals surface area (Å²) in [5.41, 5.74) is -1.88. The largest absolute Gasteiger partial charge is 0.383 e. The van der Waals surface area contributed by atoms with Gasteiger partial charge in [0.1, 0.15) is 5.60 Å². The number of hydrogen-bond acceptors (Lipinski definition) is 1. The molecule has 74 valence electrons. The van der Waals surface area contributed by atoms with Crippen molar-refractivity contribution in [2.24, 2.45) is 0 Å². The van der Waals surface area contributed by atoms with Gasteiger partial charge in [-0.2, -0.15) is 8.78 Å². The van der Waals surface area contributed by atoms with Gasteiger partial charge in [-0.1, -0.05) is 26.7 Å². The Balaban J connectivity index is 4.38. The fraction of sp³-hybridized carbons (Fsp3) is 1.00. The highest BCUT2D eigenvalue weighted by molar-refractivity contribution is 9.10. The van der Waals surface area contributed by atoms with E-state index in [1.807, 2.05) is 0 Å². The van der Waals surface area contributed by atoms with Crippen LogP contribution in [-0.2, 0) is 0 Å². The van der Waals surface area contributed by atoms with Crippen molar-refractivity contribution in [3.63, 3.8) is 0 Å². The van der Waals surface area contributed by atoms with Gasteiger partial charge in [0.05, 0.1) is 0 Å². The lowest BCUT2D eigenvalue weighted by molar-refractivity contribution is -0.125. The van der Waals surface area contributed by atoms with Crippen molar-refractivity contribution in [2.75, 3.05) is 0 Å². The molecule has 0 fully saturated rings. The smallest absolute Gasteiger partial charge is 0.329 e. The Hall–Kier alpha value is 0.300. The van der Waals surface area contributed by atoms with Gasteiger partial charge in [-0.05, 0) is 28.8 Å². The molecule has 0 saturated carbocycles. The third kappa shape index (κ3) is 2.98. The van der Waals surface area contributed by atoms with E-state index in [4.69, 9.17) is 0 Å². The monoisotopic (exact) mass is 244 g/mol. The first-order valence-electron chi connectivity index (χ1n) is 4.16. The van der Waals surface area contributed by atoms with E-state index >= 15 is 0 Å². The second kappa shape index (κ2) is 4.51. The standard InChI is InChI=1S/C8H15BrF2O/c1-3-5-7(12,6-4-2)8(9,10)11/h12H,3-6H2,1-2H3. The molecule has 0 unspecified atom stereocenters. The van der Waals surface area contributed by atoms with E-state index in [0.717, 1.165) is 0 Å². The summed E-state index contributed by atoms with van der Waals surface area (Å²) in [5, 5.41) is 9.55. The van der Waals surface area contributed by atoms with E-state index < -0.39 is 10.4 Å². The second-order valence-corrected chi connectivity index (χ2v) is 4.03. The van der Waals surface area contributed by atoms with Gasteiger partial charge in [-0.25, -0.2) is 0 Å². The topological polar surface area (TPSA) is 20.2 Å². The van der Waals surface area contributed by atoms with Crippen LogP contribution in [0.5, 0.6) is 0 Å². The molecule has 0 aromatic carbocycles. The molecule has 0 aliphatic carbocycles. The SMILES string of the molecule is CCCC(O)(CCC)C(F)(F)Br. The van der Waals surface area contributed by atoms with Crippen LogP contribution in [0.25, 0.3) is 0 Å². The fourth-order valence-electron chi connectivity index (χ4n) is 1.24. The molecule has 1 N–H and O–H groups in total. The van der Waals surface area contributed by atoms with E-state index in [2.05, 4.69) is 15.9 Å². The Kier molecular flexibility index (Phi) is 4.62. The Bertz CT molecular complexity index is 128. The molecule has 0 aliphatic heterocycles. The zero-order valence-electron chi connectivity index (χ0n) is 7.41. The van der Waals surface area contributed by atoms with Gasteiger partial charge in [0, 0.05) is 0 Å². The molecule has 0 bridgehead atoms. The maximum Gasteiger partial charge on any atom is 0.329 e. The number of halogens is 3. The fourth-order valence-corrected chi connectivity index (χ4v) is 1.63. The zero-order valence-corrected chi connectivity index (χ0v) is 9.00. The Morgan fingerprint density at radius 2 is 1.50 bits per heavy atom. The zero-order chi connectivity index (χ0) is 9.83. The first kappa shape index (κ1) is 12.3. The van der Waals surface area contributed by atoms with Crippen LogP contribution in [0.1, 0.15) is 39.5 Å². The van der Waals surface area contributed by atoms with E-state index in [-0.39, 0.29) is 12.8 Å². The molecule has 0 atom stereocenters. The van der Waals surface area contributed by atoms with E-state index in [9.17, 15) is 13.9 Å². The minimum Gasteiger partial charge on any atom is -0.383 e. The Morgan fingerprint density at radius 1 is 1.17 bits per heavy atom. The van der Waals surface area contributed by atoms with Crippen LogP contribution in [-0.4, -0.2) is 15.5 Å². The van der Waals surface area contributed by atoms with Gasteiger partial charge in [-0.3, -0.25) is 0 Å². The first-order valence-corrected chi connectivity index (χ1v) is 4.95. The Morgan fingerprint density at radius 3 is 1.67 bits per heavy atom. The summed E-state index contributed by atoms with van der Waals surface area (Å²) in [6.07, 6.45) is 1.35. The van der Waals surface area contributed by atoms with Crippen molar-refractivity contribution in [3.05, 3.63) is 0 Å². The molecule has 4 heteroatoms. The molecular weight excluding hydrogens is 230 g/mol. The average Bonchev–Trinajstić information content (AvgIpc) is 1.86. The summed E-state index contributed by atoms with van der Waals surface area (Å²) in [6, 6.07) is 0. The lowest BCUT2D eigenvalue weighted by atomic mass is 9.93.